The number of nitrogens with one attached hydrogen (secondary N) is 1. The molecule has 0 radical (unpaired) electrons. The van der Waals surface area contributed by atoms with Crippen molar-refractivity contribution >= 4 is 43.5 Å². The van der Waals surface area contributed by atoms with Gasteiger partial charge in [-0.2, -0.15) is 0 Å². The molecule has 1 N–H and O–H groups in total. The van der Waals surface area contributed by atoms with Crippen LogP contribution in [0.5, 0.6) is 0 Å². The number of rotatable bonds is 13. The molecule has 40 heavy (non-hydrogen) atoms. The average molecular weight is 629 g/mol. The minimum Gasteiger partial charge on any atom is -0.352 e. The van der Waals surface area contributed by atoms with Crippen LogP contribution in [-0.4, -0.2) is 50.0 Å². The van der Waals surface area contributed by atoms with Gasteiger partial charge in [-0.05, 0) is 54.7 Å². The molecule has 0 saturated heterocycles. The first kappa shape index (κ1) is 31.4. The molecule has 0 heterocycles. The molecular formula is C31H38BrN3O4S. The monoisotopic (exact) mass is 627 g/mol. The number of hydrogen-bond donors (Lipinski definition) is 1. The highest BCUT2D eigenvalue weighted by molar-refractivity contribution is 9.10. The van der Waals surface area contributed by atoms with Crippen LogP contribution in [0.1, 0.15) is 43.9 Å². The van der Waals surface area contributed by atoms with Crippen molar-refractivity contribution in [1.29, 1.82) is 0 Å². The van der Waals surface area contributed by atoms with E-state index in [0.717, 1.165) is 38.1 Å². The SMILES string of the molecule is CCc1ccccc1N(CC(=O)N(Cc1cccc(Br)c1)[C@@H](Cc1ccccc1)C(=O)N[C@H](C)CC)S(C)(=O)=O. The Morgan fingerprint density at radius 2 is 1.57 bits per heavy atom. The van der Waals surface area contributed by atoms with Crippen LogP contribution in [0.2, 0.25) is 0 Å². The van der Waals surface area contributed by atoms with E-state index >= 15 is 0 Å². The van der Waals surface area contributed by atoms with Crippen LogP contribution in [0.25, 0.3) is 0 Å². The number of anilines is 1. The number of amides is 2. The van der Waals surface area contributed by atoms with Gasteiger partial charge in [0.05, 0.1) is 11.9 Å². The van der Waals surface area contributed by atoms with Gasteiger partial charge in [0.1, 0.15) is 12.6 Å². The Labute approximate surface area is 246 Å². The summed E-state index contributed by atoms with van der Waals surface area (Å²) in [5.41, 5.74) is 2.99. The second kappa shape index (κ2) is 14.5. The predicted molar refractivity (Wildman–Crippen MR) is 165 cm³/mol. The van der Waals surface area contributed by atoms with E-state index in [9.17, 15) is 18.0 Å². The van der Waals surface area contributed by atoms with E-state index in [1.807, 2.05) is 87.5 Å². The van der Waals surface area contributed by atoms with Crippen LogP contribution in [0.4, 0.5) is 5.69 Å². The number of halogens is 1. The van der Waals surface area contributed by atoms with Gasteiger partial charge in [0.15, 0.2) is 0 Å². The van der Waals surface area contributed by atoms with Crippen LogP contribution in [0.3, 0.4) is 0 Å². The van der Waals surface area contributed by atoms with Gasteiger partial charge < -0.3 is 10.2 Å². The topological polar surface area (TPSA) is 86.8 Å². The molecule has 2 atom stereocenters. The van der Waals surface area contributed by atoms with Crippen molar-refractivity contribution in [2.45, 2.75) is 58.7 Å². The van der Waals surface area contributed by atoms with Crippen LogP contribution in [-0.2, 0) is 39.0 Å². The number of sulfonamides is 1. The van der Waals surface area contributed by atoms with Gasteiger partial charge in [-0.15, -0.1) is 0 Å². The fourth-order valence-electron chi connectivity index (χ4n) is 4.47. The maximum absolute atomic E-state index is 14.2. The van der Waals surface area contributed by atoms with Crippen molar-refractivity contribution in [1.82, 2.24) is 10.2 Å². The summed E-state index contributed by atoms with van der Waals surface area (Å²) in [7, 11) is -3.81. The van der Waals surface area contributed by atoms with Crippen molar-refractivity contribution in [2.75, 3.05) is 17.1 Å². The van der Waals surface area contributed by atoms with Gasteiger partial charge >= 0.3 is 0 Å². The smallest absolute Gasteiger partial charge is 0.244 e. The molecule has 0 unspecified atom stereocenters. The summed E-state index contributed by atoms with van der Waals surface area (Å²) in [5, 5.41) is 3.04. The summed E-state index contributed by atoms with van der Waals surface area (Å²) in [4.78, 5) is 29.4. The van der Waals surface area contributed by atoms with Crippen molar-refractivity contribution in [2.24, 2.45) is 0 Å². The largest absolute Gasteiger partial charge is 0.352 e. The summed E-state index contributed by atoms with van der Waals surface area (Å²) in [6.07, 6.45) is 2.72. The molecule has 3 aromatic rings. The summed E-state index contributed by atoms with van der Waals surface area (Å²) >= 11 is 3.49. The van der Waals surface area contributed by atoms with Crippen molar-refractivity contribution < 1.29 is 18.0 Å². The first-order chi connectivity index (χ1) is 19.0. The molecule has 3 rings (SSSR count). The highest BCUT2D eigenvalue weighted by atomic mass is 79.9. The fraction of sp³-hybridized carbons (Fsp3) is 0.355. The maximum Gasteiger partial charge on any atom is 0.244 e. The molecular weight excluding hydrogens is 590 g/mol. The van der Waals surface area contributed by atoms with Crippen molar-refractivity contribution in [3.8, 4) is 0 Å². The third-order valence-electron chi connectivity index (χ3n) is 6.83. The van der Waals surface area contributed by atoms with E-state index in [0.29, 0.717) is 12.1 Å². The summed E-state index contributed by atoms with van der Waals surface area (Å²) in [6.45, 7) is 5.56. The molecule has 0 fully saturated rings. The van der Waals surface area contributed by atoms with Gasteiger partial charge in [0.25, 0.3) is 0 Å². The number of benzene rings is 3. The summed E-state index contributed by atoms with van der Waals surface area (Å²) in [5.74, 6) is -0.738. The van der Waals surface area contributed by atoms with Gasteiger partial charge in [0.2, 0.25) is 21.8 Å². The highest BCUT2D eigenvalue weighted by Gasteiger charge is 2.33. The number of carbonyl (C=O) groups is 2. The number of nitrogens with zero attached hydrogens (tertiary/aromatic N) is 2. The molecule has 7 nitrogen and oxygen atoms in total. The summed E-state index contributed by atoms with van der Waals surface area (Å²) in [6, 6.07) is 23.3. The number of hydrogen-bond acceptors (Lipinski definition) is 4. The van der Waals surface area contributed by atoms with Crippen LogP contribution >= 0.6 is 15.9 Å². The zero-order valence-electron chi connectivity index (χ0n) is 23.5. The van der Waals surface area contributed by atoms with E-state index in [1.54, 1.807) is 12.1 Å². The lowest BCUT2D eigenvalue weighted by Gasteiger charge is -2.34. The van der Waals surface area contributed by atoms with Crippen molar-refractivity contribution in [3.63, 3.8) is 0 Å². The molecule has 0 bridgehead atoms. The number of para-hydroxylation sites is 1. The lowest BCUT2D eigenvalue weighted by molar-refractivity contribution is -0.140. The standard InChI is InChI=1S/C31H38BrN3O4S/c1-5-23(3)33-31(37)29(20-24-13-8-7-9-14-24)34(21-25-15-12-17-27(32)19-25)30(36)22-35(40(4,38)39)28-18-11-10-16-26(28)6-2/h7-19,23,29H,5-6,20-22H2,1-4H3,(H,33,37)/t23-,29+/m1/s1. The van der Waals surface area contributed by atoms with Gasteiger partial charge in [-0.25, -0.2) is 8.42 Å². The highest BCUT2D eigenvalue weighted by Crippen LogP contribution is 2.25. The minimum atomic E-state index is -3.81. The predicted octanol–water partition coefficient (Wildman–Crippen LogP) is 5.33. The number of aryl methyl sites for hydroxylation is 1. The van der Waals surface area contributed by atoms with Gasteiger partial charge in [-0.1, -0.05) is 90.4 Å². The molecule has 9 heteroatoms. The quantitative estimate of drug-likeness (QED) is 0.277. The molecule has 2 amide bonds. The average Bonchev–Trinajstić information content (AvgIpc) is 2.93. The fourth-order valence-corrected chi connectivity index (χ4v) is 5.80. The van der Waals surface area contributed by atoms with Crippen LogP contribution in [0, 0.1) is 0 Å². The molecule has 0 aliphatic rings. The zero-order valence-corrected chi connectivity index (χ0v) is 25.9. The van der Waals surface area contributed by atoms with Crippen LogP contribution < -0.4 is 9.62 Å². The van der Waals surface area contributed by atoms with E-state index in [-0.39, 0.29) is 24.9 Å². The Balaban J connectivity index is 2.08. The molecule has 0 aliphatic carbocycles. The third-order valence-corrected chi connectivity index (χ3v) is 8.45. The zero-order chi connectivity index (χ0) is 29.3. The van der Waals surface area contributed by atoms with Crippen molar-refractivity contribution in [3.05, 3.63) is 100 Å². The van der Waals surface area contributed by atoms with Crippen LogP contribution in [0.15, 0.2) is 83.3 Å². The van der Waals surface area contributed by atoms with Gasteiger partial charge in [-0.3, -0.25) is 13.9 Å². The normalized spacial score (nSPS) is 12.8. The van der Waals surface area contributed by atoms with E-state index in [2.05, 4.69) is 21.2 Å². The number of carbonyl (C=O) groups excluding carboxylic acids is 2. The molecule has 3 aromatic carbocycles. The van der Waals surface area contributed by atoms with E-state index in [4.69, 9.17) is 0 Å². The molecule has 0 spiro atoms. The second-order valence-electron chi connectivity index (χ2n) is 9.93. The summed E-state index contributed by atoms with van der Waals surface area (Å²) < 4.78 is 28.0. The van der Waals surface area contributed by atoms with E-state index < -0.39 is 28.5 Å². The molecule has 0 aromatic heterocycles. The Morgan fingerprint density at radius 1 is 0.925 bits per heavy atom. The second-order valence-corrected chi connectivity index (χ2v) is 12.7. The first-order valence-corrected chi connectivity index (χ1v) is 16.1. The lowest BCUT2D eigenvalue weighted by Crippen LogP contribution is -2.54. The molecule has 0 aliphatic heterocycles. The van der Waals surface area contributed by atoms with E-state index in [1.165, 1.54) is 4.90 Å². The maximum atomic E-state index is 14.2. The first-order valence-electron chi connectivity index (χ1n) is 13.5. The Morgan fingerprint density at radius 3 is 2.20 bits per heavy atom. The third kappa shape index (κ3) is 8.66. The Bertz CT molecular complexity index is 1400. The molecule has 214 valence electrons. The molecule has 0 saturated carbocycles. The Hall–Kier alpha value is -3.17. The minimum absolute atomic E-state index is 0.0856. The Kier molecular flexibility index (Phi) is 11.3. The lowest BCUT2D eigenvalue weighted by atomic mass is 10.0. The van der Waals surface area contributed by atoms with Gasteiger partial charge in [0, 0.05) is 23.5 Å².